The number of hydrogen-bond acceptors (Lipinski definition) is 5. The van der Waals surface area contributed by atoms with Crippen LogP contribution >= 0.6 is 11.3 Å². The maximum Gasteiger partial charge on any atom is 0.416 e. The van der Waals surface area contributed by atoms with Gasteiger partial charge in [0.25, 0.3) is 0 Å². The Morgan fingerprint density at radius 3 is 2.61 bits per heavy atom. The van der Waals surface area contributed by atoms with Crippen LogP contribution in [0, 0.1) is 0 Å². The molecule has 4 aromatic rings. The summed E-state index contributed by atoms with van der Waals surface area (Å²) in [5, 5.41) is 1.88. The molecule has 3 aromatic heterocycles. The zero-order chi connectivity index (χ0) is 22.2. The number of carbonyl (C=O) groups excluding carboxylic acids is 2. The number of esters is 1. The third-order valence-corrected chi connectivity index (χ3v) is 5.51. The Morgan fingerprint density at radius 2 is 1.94 bits per heavy atom. The lowest BCUT2D eigenvalue weighted by Crippen LogP contribution is -2.09. The van der Waals surface area contributed by atoms with E-state index in [0.29, 0.717) is 11.2 Å². The van der Waals surface area contributed by atoms with Gasteiger partial charge in [-0.1, -0.05) is 18.2 Å². The number of thiophene rings is 1. The lowest BCUT2D eigenvalue weighted by Gasteiger charge is -2.08. The molecule has 3 heterocycles. The quantitative estimate of drug-likeness (QED) is 0.302. The molecule has 0 saturated carbocycles. The third-order valence-electron chi connectivity index (χ3n) is 4.62. The molecule has 0 aliphatic carbocycles. The van der Waals surface area contributed by atoms with Crippen molar-refractivity contribution in [1.82, 2.24) is 9.38 Å². The number of rotatable bonds is 5. The van der Waals surface area contributed by atoms with Gasteiger partial charge in [0.1, 0.15) is 6.33 Å². The summed E-state index contributed by atoms with van der Waals surface area (Å²) in [6.07, 6.45) is -3.20. The lowest BCUT2D eigenvalue weighted by molar-refractivity contribution is -0.137. The summed E-state index contributed by atoms with van der Waals surface area (Å²) < 4.78 is 45.7. The molecule has 0 bridgehead atoms. The first kappa shape index (κ1) is 20.8. The molecule has 1 aromatic carbocycles. The fourth-order valence-electron chi connectivity index (χ4n) is 3.19. The van der Waals surface area contributed by atoms with Crippen LogP contribution in [0.1, 0.15) is 38.9 Å². The average Bonchev–Trinajstić information content (AvgIpc) is 3.41. The predicted octanol–water partition coefficient (Wildman–Crippen LogP) is 5.49. The second kappa shape index (κ2) is 7.99. The van der Waals surface area contributed by atoms with Crippen LogP contribution in [0.5, 0.6) is 0 Å². The summed E-state index contributed by atoms with van der Waals surface area (Å²) in [6.45, 7) is 1.79. The molecule has 0 unspecified atom stereocenters. The number of aromatic nitrogens is 2. The highest BCUT2D eigenvalue weighted by molar-refractivity contribution is 7.13. The van der Waals surface area contributed by atoms with Gasteiger partial charge in [0.15, 0.2) is 0 Å². The van der Waals surface area contributed by atoms with Gasteiger partial charge < -0.3 is 4.74 Å². The molecule has 4 rings (SSSR count). The van der Waals surface area contributed by atoms with Gasteiger partial charge in [-0.2, -0.15) is 13.2 Å². The van der Waals surface area contributed by atoms with Gasteiger partial charge in [0.2, 0.25) is 5.78 Å². The number of benzene rings is 1. The minimum atomic E-state index is -4.58. The maximum absolute atomic E-state index is 13.1. The standard InChI is InChI=1S/C22H15F3N2O3S/c1-2-30-21(29)15-10-18(20(28)13-5-3-6-14(9-13)22(23,24)25)27-12-26-16(11-17(15)27)19-7-4-8-31-19/h3-12H,2H2,1H3. The zero-order valence-electron chi connectivity index (χ0n) is 16.1. The molecule has 0 N–H and O–H groups in total. The van der Waals surface area contributed by atoms with Gasteiger partial charge in [-0.05, 0) is 42.6 Å². The van der Waals surface area contributed by atoms with Crippen molar-refractivity contribution in [1.29, 1.82) is 0 Å². The average molecular weight is 444 g/mol. The molecule has 0 aliphatic rings. The number of carbonyl (C=O) groups is 2. The first-order valence-corrected chi connectivity index (χ1v) is 10.1. The van der Waals surface area contributed by atoms with E-state index in [4.69, 9.17) is 4.74 Å². The number of nitrogens with zero attached hydrogens (tertiary/aromatic N) is 2. The van der Waals surface area contributed by atoms with Gasteiger partial charge in [-0.3, -0.25) is 9.20 Å². The fraction of sp³-hybridized carbons (Fsp3) is 0.136. The summed E-state index contributed by atoms with van der Waals surface area (Å²) in [7, 11) is 0. The Kier molecular flexibility index (Phi) is 5.36. The summed E-state index contributed by atoms with van der Waals surface area (Å²) in [4.78, 5) is 30.8. The van der Waals surface area contributed by atoms with Gasteiger partial charge in [0.05, 0.1) is 39.5 Å². The first-order valence-electron chi connectivity index (χ1n) is 9.23. The van der Waals surface area contributed by atoms with E-state index in [9.17, 15) is 22.8 Å². The van der Waals surface area contributed by atoms with Crippen molar-refractivity contribution in [2.24, 2.45) is 0 Å². The summed E-state index contributed by atoms with van der Waals surface area (Å²) >= 11 is 1.46. The molecule has 0 atom stereocenters. The SMILES string of the molecule is CCOC(=O)c1cc(C(=O)c2cccc(C(F)(F)F)c2)n2cnc(-c3cccs3)cc12. The second-order valence-electron chi connectivity index (χ2n) is 6.58. The Hall–Kier alpha value is -3.46. The van der Waals surface area contributed by atoms with Gasteiger partial charge in [0, 0.05) is 5.56 Å². The highest BCUT2D eigenvalue weighted by Crippen LogP contribution is 2.31. The number of ether oxygens (including phenoxy) is 1. The highest BCUT2D eigenvalue weighted by atomic mass is 32.1. The van der Waals surface area contributed by atoms with Crippen LogP contribution in [0.25, 0.3) is 16.1 Å². The minimum absolute atomic E-state index is 0.0163. The normalized spacial score (nSPS) is 11.6. The zero-order valence-corrected chi connectivity index (χ0v) is 17.0. The molecule has 0 saturated heterocycles. The number of ketones is 1. The van der Waals surface area contributed by atoms with Gasteiger partial charge in [-0.25, -0.2) is 9.78 Å². The summed E-state index contributed by atoms with van der Waals surface area (Å²) in [6, 6.07) is 10.9. The van der Waals surface area contributed by atoms with Crippen molar-refractivity contribution in [2.75, 3.05) is 6.61 Å². The fourth-order valence-corrected chi connectivity index (χ4v) is 3.88. The Bertz CT molecular complexity index is 1280. The molecule has 0 spiro atoms. The minimum Gasteiger partial charge on any atom is -0.462 e. The number of hydrogen-bond donors (Lipinski definition) is 0. The molecular weight excluding hydrogens is 429 g/mol. The molecule has 9 heteroatoms. The van der Waals surface area contributed by atoms with Crippen molar-refractivity contribution in [3.63, 3.8) is 0 Å². The van der Waals surface area contributed by atoms with Crippen molar-refractivity contribution in [3.05, 3.63) is 82.6 Å². The first-order chi connectivity index (χ1) is 14.8. The topological polar surface area (TPSA) is 60.7 Å². The van der Waals surface area contributed by atoms with Crippen molar-refractivity contribution in [3.8, 4) is 10.6 Å². The van der Waals surface area contributed by atoms with E-state index < -0.39 is 23.5 Å². The third kappa shape index (κ3) is 3.96. The van der Waals surface area contributed by atoms with E-state index in [-0.39, 0.29) is 23.4 Å². The number of fused-ring (bicyclic) bond motifs is 1. The monoisotopic (exact) mass is 444 g/mol. The Labute approximate surface area is 178 Å². The van der Waals surface area contributed by atoms with Crippen LogP contribution in [0.4, 0.5) is 13.2 Å². The van der Waals surface area contributed by atoms with E-state index in [1.165, 1.54) is 40.3 Å². The van der Waals surface area contributed by atoms with E-state index in [1.54, 1.807) is 13.0 Å². The van der Waals surface area contributed by atoms with E-state index in [2.05, 4.69) is 4.98 Å². The number of alkyl halides is 3. The van der Waals surface area contributed by atoms with Crippen molar-refractivity contribution >= 4 is 28.6 Å². The predicted molar refractivity (Wildman–Crippen MR) is 109 cm³/mol. The maximum atomic E-state index is 13.1. The van der Waals surface area contributed by atoms with Crippen LogP contribution in [-0.2, 0) is 10.9 Å². The molecule has 5 nitrogen and oxygen atoms in total. The van der Waals surface area contributed by atoms with Crippen LogP contribution in [0.15, 0.2) is 60.2 Å². The van der Waals surface area contributed by atoms with E-state index in [0.717, 1.165) is 17.0 Å². The molecule has 31 heavy (non-hydrogen) atoms. The summed E-state index contributed by atoms with van der Waals surface area (Å²) in [5.74, 6) is -1.30. The number of halogens is 3. The highest BCUT2D eigenvalue weighted by Gasteiger charge is 2.31. The van der Waals surface area contributed by atoms with Gasteiger partial charge in [-0.15, -0.1) is 11.3 Å². The van der Waals surface area contributed by atoms with Crippen LogP contribution in [0.3, 0.4) is 0 Å². The smallest absolute Gasteiger partial charge is 0.416 e. The largest absolute Gasteiger partial charge is 0.462 e. The lowest BCUT2D eigenvalue weighted by atomic mass is 10.0. The van der Waals surface area contributed by atoms with E-state index >= 15 is 0 Å². The Balaban J connectivity index is 1.86. The molecular formula is C22H15F3N2O3S. The summed E-state index contributed by atoms with van der Waals surface area (Å²) in [5.41, 5.74) is 0.0614. The van der Waals surface area contributed by atoms with Crippen LogP contribution in [0.2, 0.25) is 0 Å². The van der Waals surface area contributed by atoms with Crippen LogP contribution < -0.4 is 0 Å². The molecule has 0 fully saturated rings. The van der Waals surface area contributed by atoms with Crippen LogP contribution in [-0.4, -0.2) is 27.7 Å². The molecule has 158 valence electrons. The van der Waals surface area contributed by atoms with E-state index in [1.807, 2.05) is 17.5 Å². The van der Waals surface area contributed by atoms with Crippen molar-refractivity contribution < 1.29 is 27.5 Å². The molecule has 0 amide bonds. The van der Waals surface area contributed by atoms with Gasteiger partial charge >= 0.3 is 12.1 Å². The van der Waals surface area contributed by atoms with Crippen molar-refractivity contribution in [2.45, 2.75) is 13.1 Å². The Morgan fingerprint density at radius 1 is 1.13 bits per heavy atom. The molecule has 0 radical (unpaired) electrons. The second-order valence-corrected chi connectivity index (χ2v) is 7.53. The molecule has 0 aliphatic heterocycles.